The zero-order valence-electron chi connectivity index (χ0n) is 17.9. The molecule has 4 rings (SSSR count). The van der Waals surface area contributed by atoms with Crippen LogP contribution in [0.5, 0.6) is 0 Å². The van der Waals surface area contributed by atoms with Crippen molar-refractivity contribution in [3.05, 3.63) is 71.4 Å². The molecule has 0 unspecified atom stereocenters. The van der Waals surface area contributed by atoms with Crippen LogP contribution in [-0.2, 0) is 21.2 Å². The fourth-order valence-corrected chi connectivity index (χ4v) is 5.63. The van der Waals surface area contributed by atoms with Gasteiger partial charge in [-0.15, -0.1) is 0 Å². The third-order valence-corrected chi connectivity index (χ3v) is 7.66. The number of aromatic nitrogens is 1. The first-order valence-corrected chi connectivity index (χ1v) is 12.0. The van der Waals surface area contributed by atoms with Gasteiger partial charge in [0.2, 0.25) is 15.9 Å². The maximum atomic E-state index is 13.3. The zero-order chi connectivity index (χ0) is 22.0. The molecule has 1 aliphatic heterocycles. The number of nitrogens with zero attached hydrogens (tertiary/aromatic N) is 3. The molecule has 1 fully saturated rings. The van der Waals surface area contributed by atoms with Gasteiger partial charge in [0.05, 0.1) is 5.52 Å². The molecule has 31 heavy (non-hydrogen) atoms. The first-order valence-electron chi connectivity index (χ1n) is 10.5. The topological polar surface area (TPSA) is 70.6 Å². The van der Waals surface area contributed by atoms with Crippen molar-refractivity contribution in [1.82, 2.24) is 14.2 Å². The number of fused-ring (bicyclic) bond motifs is 1. The van der Waals surface area contributed by atoms with E-state index in [1.54, 1.807) is 23.2 Å². The first-order chi connectivity index (χ1) is 14.8. The molecule has 7 heteroatoms. The number of benzene rings is 2. The number of para-hydroxylation sites is 1. The van der Waals surface area contributed by atoms with E-state index in [2.05, 4.69) is 11.1 Å². The fraction of sp³-hybridized carbons (Fsp3) is 0.333. The molecule has 0 saturated carbocycles. The second-order valence-electron chi connectivity index (χ2n) is 8.11. The van der Waals surface area contributed by atoms with E-state index >= 15 is 0 Å². The molecule has 162 valence electrons. The molecule has 1 aliphatic rings. The highest BCUT2D eigenvalue weighted by Crippen LogP contribution is 2.25. The molecule has 2 aromatic carbocycles. The average molecular weight is 438 g/mol. The van der Waals surface area contributed by atoms with Crippen LogP contribution in [0.25, 0.3) is 10.9 Å². The number of sulfonamides is 1. The molecule has 0 N–H and O–H groups in total. The number of aryl methyl sites for hydroxylation is 3. The Bertz CT molecular complexity index is 1220. The Morgan fingerprint density at radius 3 is 2.45 bits per heavy atom. The molecular weight excluding hydrogens is 410 g/mol. The second kappa shape index (κ2) is 8.77. The van der Waals surface area contributed by atoms with Gasteiger partial charge in [-0.1, -0.05) is 42.0 Å². The van der Waals surface area contributed by atoms with Gasteiger partial charge in [-0.3, -0.25) is 9.78 Å². The molecule has 0 bridgehead atoms. The smallest absolute Gasteiger partial charge is 0.245 e. The van der Waals surface area contributed by atoms with Gasteiger partial charge < -0.3 is 4.90 Å². The maximum absolute atomic E-state index is 13.3. The van der Waals surface area contributed by atoms with E-state index in [1.165, 1.54) is 9.87 Å². The Morgan fingerprint density at radius 1 is 0.968 bits per heavy atom. The maximum Gasteiger partial charge on any atom is 0.245 e. The lowest BCUT2D eigenvalue weighted by Crippen LogP contribution is -2.50. The van der Waals surface area contributed by atoms with Crippen LogP contribution in [0.1, 0.15) is 23.1 Å². The number of carbonyl (C=O) groups is 1. The van der Waals surface area contributed by atoms with Gasteiger partial charge in [-0.05, 0) is 43.5 Å². The van der Waals surface area contributed by atoms with Crippen molar-refractivity contribution in [3.63, 3.8) is 0 Å². The SMILES string of the molecule is Cc1cccc(CCC(=O)N2CCN(S(=O)(=O)c3cccc4cc(C)cnc34)CC2)c1. The lowest BCUT2D eigenvalue weighted by molar-refractivity contribution is -0.132. The van der Waals surface area contributed by atoms with E-state index < -0.39 is 10.0 Å². The highest BCUT2D eigenvalue weighted by Gasteiger charge is 2.31. The third-order valence-electron chi connectivity index (χ3n) is 5.73. The Hall–Kier alpha value is -2.77. The molecule has 1 amide bonds. The van der Waals surface area contributed by atoms with Crippen molar-refractivity contribution in [1.29, 1.82) is 0 Å². The highest BCUT2D eigenvalue weighted by atomic mass is 32.2. The summed E-state index contributed by atoms with van der Waals surface area (Å²) in [6, 6.07) is 15.3. The summed E-state index contributed by atoms with van der Waals surface area (Å²) in [4.78, 5) is 19.0. The van der Waals surface area contributed by atoms with Crippen LogP contribution < -0.4 is 0 Å². The molecule has 0 aliphatic carbocycles. The summed E-state index contributed by atoms with van der Waals surface area (Å²) in [5.74, 6) is 0.0702. The predicted octanol–water partition coefficient (Wildman–Crippen LogP) is 3.32. The average Bonchev–Trinajstić information content (AvgIpc) is 2.77. The molecule has 0 radical (unpaired) electrons. The van der Waals surface area contributed by atoms with Gasteiger partial charge in [0, 0.05) is 44.2 Å². The summed E-state index contributed by atoms with van der Waals surface area (Å²) < 4.78 is 28.0. The van der Waals surface area contributed by atoms with Crippen LogP contribution in [0.4, 0.5) is 0 Å². The van der Waals surface area contributed by atoms with Crippen molar-refractivity contribution in [2.24, 2.45) is 0 Å². The minimum atomic E-state index is -3.68. The van der Waals surface area contributed by atoms with E-state index in [4.69, 9.17) is 0 Å². The van der Waals surface area contributed by atoms with Crippen LogP contribution >= 0.6 is 0 Å². The lowest BCUT2D eigenvalue weighted by Gasteiger charge is -2.34. The number of carbonyl (C=O) groups excluding carboxylic acids is 1. The summed E-state index contributed by atoms with van der Waals surface area (Å²) in [6.45, 7) is 5.37. The van der Waals surface area contributed by atoms with Crippen molar-refractivity contribution in [2.75, 3.05) is 26.2 Å². The number of hydrogen-bond acceptors (Lipinski definition) is 4. The van der Waals surface area contributed by atoms with Crippen LogP contribution in [0.2, 0.25) is 0 Å². The Kier molecular flexibility index (Phi) is 6.07. The Labute approximate surface area is 183 Å². The van der Waals surface area contributed by atoms with Gasteiger partial charge in [0.1, 0.15) is 4.90 Å². The minimum absolute atomic E-state index is 0.0702. The zero-order valence-corrected chi connectivity index (χ0v) is 18.7. The van der Waals surface area contributed by atoms with Crippen LogP contribution in [-0.4, -0.2) is 54.7 Å². The van der Waals surface area contributed by atoms with Crippen molar-refractivity contribution in [3.8, 4) is 0 Å². The fourth-order valence-electron chi connectivity index (χ4n) is 4.04. The molecular formula is C24H27N3O3S. The van der Waals surface area contributed by atoms with E-state index in [9.17, 15) is 13.2 Å². The lowest BCUT2D eigenvalue weighted by atomic mass is 10.1. The van der Waals surface area contributed by atoms with Crippen LogP contribution in [0.3, 0.4) is 0 Å². The molecule has 0 spiro atoms. The molecule has 1 aromatic heterocycles. The molecule has 0 atom stereocenters. The quantitative estimate of drug-likeness (QED) is 0.614. The van der Waals surface area contributed by atoms with E-state index in [0.29, 0.717) is 44.5 Å². The summed E-state index contributed by atoms with van der Waals surface area (Å²) in [7, 11) is -3.68. The monoisotopic (exact) mass is 437 g/mol. The first kappa shape index (κ1) is 21.5. The van der Waals surface area contributed by atoms with Crippen molar-refractivity contribution in [2.45, 2.75) is 31.6 Å². The molecule has 6 nitrogen and oxygen atoms in total. The van der Waals surface area contributed by atoms with E-state index in [1.807, 2.05) is 44.2 Å². The normalized spacial score (nSPS) is 15.4. The minimum Gasteiger partial charge on any atom is -0.340 e. The van der Waals surface area contributed by atoms with Gasteiger partial charge in [-0.2, -0.15) is 4.31 Å². The summed E-state index contributed by atoms with van der Waals surface area (Å²) in [6.07, 6.45) is 2.81. The second-order valence-corrected chi connectivity index (χ2v) is 10.0. The largest absolute Gasteiger partial charge is 0.340 e. The number of rotatable bonds is 5. The van der Waals surface area contributed by atoms with Gasteiger partial charge in [-0.25, -0.2) is 8.42 Å². The van der Waals surface area contributed by atoms with Gasteiger partial charge in [0.15, 0.2) is 0 Å². The number of pyridine rings is 1. The summed E-state index contributed by atoms with van der Waals surface area (Å²) in [5.41, 5.74) is 3.81. The van der Waals surface area contributed by atoms with E-state index in [-0.39, 0.29) is 10.8 Å². The number of hydrogen-bond donors (Lipinski definition) is 0. The predicted molar refractivity (Wildman–Crippen MR) is 121 cm³/mol. The van der Waals surface area contributed by atoms with Crippen molar-refractivity contribution >= 4 is 26.8 Å². The highest BCUT2D eigenvalue weighted by molar-refractivity contribution is 7.89. The van der Waals surface area contributed by atoms with Gasteiger partial charge in [0.25, 0.3) is 0 Å². The number of piperazine rings is 1. The standard InChI is InChI=1S/C24H27N3O3S/c1-18-5-3-6-20(15-18)9-10-23(28)26-11-13-27(14-12-26)31(29,30)22-8-4-7-21-16-19(2)17-25-24(21)22/h3-8,15-17H,9-14H2,1-2H3. The Morgan fingerprint density at radius 2 is 1.71 bits per heavy atom. The third kappa shape index (κ3) is 4.62. The molecule has 3 aromatic rings. The molecule has 2 heterocycles. The van der Waals surface area contributed by atoms with Crippen LogP contribution in [0.15, 0.2) is 59.6 Å². The van der Waals surface area contributed by atoms with Crippen molar-refractivity contribution < 1.29 is 13.2 Å². The Balaban J connectivity index is 1.42. The number of amides is 1. The molecule has 1 saturated heterocycles. The van der Waals surface area contributed by atoms with Gasteiger partial charge >= 0.3 is 0 Å². The van der Waals surface area contributed by atoms with E-state index in [0.717, 1.165) is 16.5 Å². The summed E-state index contributed by atoms with van der Waals surface area (Å²) in [5, 5.41) is 0.811. The summed E-state index contributed by atoms with van der Waals surface area (Å²) >= 11 is 0. The van der Waals surface area contributed by atoms with Crippen LogP contribution in [0, 0.1) is 13.8 Å².